The van der Waals surface area contributed by atoms with Gasteiger partial charge in [-0.25, -0.2) is 0 Å². The first-order valence-electron chi connectivity index (χ1n) is 26.3. The SMILES string of the molecule is C=Cc1c(N(C(/C=C(\C)c2ccccc2S)=C/C)c2ccccc2)cc2c(c1C=C)-c1c(c3ccc(N(c4ccccc4)c4cccc5c4sc4ccccc45)cc3c3ccccc13)C21c2ccccc2-c2ccccc21. The first-order chi connectivity index (χ1) is 37.9. The molecule has 1 spiro atoms. The molecule has 1 aromatic heterocycles. The molecule has 2 nitrogen and oxygen atoms in total. The van der Waals surface area contributed by atoms with Crippen molar-refractivity contribution in [2.75, 3.05) is 9.80 Å². The lowest BCUT2D eigenvalue weighted by Crippen LogP contribution is -2.27. The van der Waals surface area contributed by atoms with E-state index < -0.39 is 5.41 Å². The van der Waals surface area contributed by atoms with Crippen LogP contribution < -0.4 is 9.80 Å². The summed E-state index contributed by atoms with van der Waals surface area (Å²) < 4.78 is 2.55. The fourth-order valence-corrected chi connectivity index (χ4v) is 14.6. The van der Waals surface area contributed by atoms with Crippen LogP contribution >= 0.6 is 24.0 Å². The minimum Gasteiger partial charge on any atom is -0.310 e. The van der Waals surface area contributed by atoms with Crippen LogP contribution in [-0.2, 0) is 5.41 Å². The fourth-order valence-electron chi connectivity index (χ4n) is 13.1. The Balaban J connectivity index is 1.10. The van der Waals surface area contributed by atoms with E-state index in [1.165, 1.54) is 86.2 Å². The van der Waals surface area contributed by atoms with Crippen LogP contribution in [-0.4, -0.2) is 0 Å². The Bertz CT molecular complexity index is 4440. The normalized spacial score (nSPS) is 13.2. The summed E-state index contributed by atoms with van der Waals surface area (Å²) in [5.74, 6) is 0. The fraction of sp³-hybridized carbons (Fsp3) is 0.0411. The summed E-state index contributed by atoms with van der Waals surface area (Å²) in [6.45, 7) is 13.6. The molecule has 1 heterocycles. The highest BCUT2D eigenvalue weighted by atomic mass is 32.1. The number of fused-ring (bicyclic) bond motifs is 18. The van der Waals surface area contributed by atoms with Crippen LogP contribution in [0.1, 0.15) is 52.8 Å². The zero-order valence-electron chi connectivity index (χ0n) is 42.8. The second-order valence-corrected chi connectivity index (χ2v) is 21.6. The molecule has 0 saturated carbocycles. The average Bonchev–Trinajstić information content (AvgIpc) is 3.66. The smallest absolute Gasteiger partial charge is 0.0732 e. The van der Waals surface area contributed by atoms with E-state index in [0.29, 0.717) is 0 Å². The highest BCUT2D eigenvalue weighted by molar-refractivity contribution is 7.80. The second-order valence-electron chi connectivity index (χ2n) is 20.1. The molecule has 0 atom stereocenters. The second kappa shape index (κ2) is 18.4. The molecule has 2 aliphatic rings. The van der Waals surface area contributed by atoms with Crippen molar-refractivity contribution in [3.8, 4) is 22.3 Å². The number of hydrogen-bond acceptors (Lipinski definition) is 4. The first-order valence-corrected chi connectivity index (χ1v) is 27.6. The van der Waals surface area contributed by atoms with Crippen LogP contribution in [0.4, 0.5) is 28.4 Å². The van der Waals surface area contributed by atoms with E-state index in [-0.39, 0.29) is 0 Å². The van der Waals surface area contributed by atoms with Crippen molar-refractivity contribution < 1.29 is 0 Å². The van der Waals surface area contributed by atoms with Gasteiger partial charge in [-0.2, -0.15) is 0 Å². The quantitative estimate of drug-likeness (QED) is 0.0829. The third-order valence-electron chi connectivity index (χ3n) is 16.2. The Kier molecular flexibility index (Phi) is 11.1. The summed E-state index contributed by atoms with van der Waals surface area (Å²) in [7, 11) is 0. The van der Waals surface area contributed by atoms with Gasteiger partial charge >= 0.3 is 0 Å². The molecule has 12 aromatic rings. The van der Waals surface area contributed by atoms with Crippen molar-refractivity contribution >= 4 is 112 Å². The predicted molar refractivity (Wildman–Crippen MR) is 335 cm³/mol. The molecule has 0 amide bonds. The standard InChI is InChI=1S/C73H52N2S2/c1-5-47(43-46(4)53-29-18-22-39-67(53)76)74(48-25-10-8-11-26-48)66-45-64-69(52(7-3)51(66)6-2)70-58-34-15-14-30-54(58)61-44-50(41-42-59(61)71(70)73(64)62-36-20-16-31-55(62)56-32-17-21-37-63(56)73)75(49-27-12-9-13-28-49)65-38-24-35-60-57-33-19-23-40-68(57)77-72(60)65/h5-45,76H,2-3H2,1,4H3/b46-43+,47-5+. The van der Waals surface area contributed by atoms with Gasteiger partial charge in [-0.05, 0) is 163 Å². The van der Waals surface area contributed by atoms with E-state index in [9.17, 15) is 0 Å². The maximum atomic E-state index is 4.92. The van der Waals surface area contributed by atoms with Crippen molar-refractivity contribution in [3.05, 3.63) is 294 Å². The van der Waals surface area contributed by atoms with Gasteiger partial charge in [0.15, 0.2) is 0 Å². The van der Waals surface area contributed by atoms with Crippen LogP contribution in [0.25, 0.3) is 81.7 Å². The van der Waals surface area contributed by atoms with Crippen molar-refractivity contribution in [1.82, 2.24) is 0 Å². The number of nitrogens with zero attached hydrogens (tertiary/aromatic N) is 2. The van der Waals surface area contributed by atoms with Crippen LogP contribution in [0.15, 0.2) is 260 Å². The highest BCUT2D eigenvalue weighted by Gasteiger charge is 2.54. The van der Waals surface area contributed by atoms with Gasteiger partial charge in [0, 0.05) is 48.7 Å². The third-order valence-corrected chi connectivity index (χ3v) is 17.8. The van der Waals surface area contributed by atoms with Gasteiger partial charge in [-0.3, -0.25) is 0 Å². The molecule has 4 heteroatoms. The van der Waals surface area contributed by atoms with E-state index in [1.54, 1.807) is 0 Å². The van der Waals surface area contributed by atoms with Crippen LogP contribution in [0.2, 0.25) is 0 Å². The monoisotopic (exact) mass is 1020 g/mol. The van der Waals surface area contributed by atoms with Gasteiger partial charge in [-0.1, -0.05) is 195 Å². The lowest BCUT2D eigenvalue weighted by Gasteiger charge is -2.34. The topological polar surface area (TPSA) is 6.48 Å². The molecule has 0 aliphatic heterocycles. The Hall–Kier alpha value is -8.93. The summed E-state index contributed by atoms with van der Waals surface area (Å²) in [6.07, 6.45) is 8.63. The average molecular weight is 1020 g/mol. The van der Waals surface area contributed by atoms with Crippen molar-refractivity contribution in [2.24, 2.45) is 0 Å². The van der Waals surface area contributed by atoms with Crippen molar-refractivity contribution in [2.45, 2.75) is 24.2 Å². The highest BCUT2D eigenvalue weighted by Crippen LogP contribution is 2.67. The Morgan fingerprint density at radius 3 is 1.81 bits per heavy atom. The number of benzene rings is 11. The zero-order valence-corrected chi connectivity index (χ0v) is 44.5. The van der Waals surface area contributed by atoms with Gasteiger partial charge in [0.2, 0.25) is 0 Å². The van der Waals surface area contributed by atoms with Gasteiger partial charge in [0.1, 0.15) is 0 Å². The molecule has 77 heavy (non-hydrogen) atoms. The Labute approximate surface area is 459 Å². The van der Waals surface area contributed by atoms with Crippen LogP contribution in [0.5, 0.6) is 0 Å². The first kappa shape index (κ1) is 46.6. The van der Waals surface area contributed by atoms with Gasteiger partial charge in [0.05, 0.1) is 21.5 Å². The molecular formula is C73H52N2S2. The largest absolute Gasteiger partial charge is 0.310 e. The zero-order chi connectivity index (χ0) is 51.9. The van der Waals surface area contributed by atoms with Gasteiger partial charge in [-0.15, -0.1) is 24.0 Å². The third kappa shape index (κ3) is 6.89. The van der Waals surface area contributed by atoms with Crippen molar-refractivity contribution in [3.63, 3.8) is 0 Å². The number of thiol groups is 1. The Morgan fingerprint density at radius 1 is 0.494 bits per heavy atom. The molecule has 0 unspecified atom stereocenters. The summed E-state index contributed by atoms with van der Waals surface area (Å²) in [5, 5.41) is 7.37. The maximum Gasteiger partial charge on any atom is 0.0732 e. The summed E-state index contributed by atoms with van der Waals surface area (Å²) >= 11 is 6.78. The molecule has 0 bridgehead atoms. The van der Waals surface area contributed by atoms with E-state index >= 15 is 0 Å². The predicted octanol–water partition coefficient (Wildman–Crippen LogP) is 20.9. The minimum atomic E-state index is -0.731. The van der Waals surface area contributed by atoms with Crippen LogP contribution in [0, 0.1) is 0 Å². The Morgan fingerprint density at radius 2 is 1.10 bits per heavy atom. The van der Waals surface area contributed by atoms with E-state index in [4.69, 9.17) is 12.6 Å². The van der Waals surface area contributed by atoms with Crippen molar-refractivity contribution in [1.29, 1.82) is 0 Å². The minimum absolute atomic E-state index is 0.731. The van der Waals surface area contributed by atoms with E-state index in [0.717, 1.165) is 61.3 Å². The molecule has 11 aromatic carbocycles. The van der Waals surface area contributed by atoms with Crippen LogP contribution in [0.3, 0.4) is 0 Å². The summed E-state index contributed by atoms with van der Waals surface area (Å²) in [6, 6.07) is 82.6. The molecule has 2 aliphatic carbocycles. The number of rotatable bonds is 10. The molecule has 0 fully saturated rings. The van der Waals surface area contributed by atoms with E-state index in [2.05, 4.69) is 273 Å². The number of hydrogen-bond donors (Lipinski definition) is 1. The molecule has 366 valence electrons. The molecular weight excluding hydrogens is 969 g/mol. The van der Waals surface area contributed by atoms with E-state index in [1.807, 2.05) is 23.5 Å². The number of thiophene rings is 1. The molecule has 0 N–H and O–H groups in total. The lowest BCUT2D eigenvalue weighted by molar-refractivity contribution is 0.801. The number of anilines is 5. The lowest BCUT2D eigenvalue weighted by atomic mass is 9.68. The number of para-hydroxylation sites is 2. The van der Waals surface area contributed by atoms with Gasteiger partial charge in [0.25, 0.3) is 0 Å². The molecule has 14 rings (SSSR count). The summed E-state index contributed by atoms with van der Waals surface area (Å²) in [5.41, 5.74) is 20.0. The molecule has 0 saturated heterocycles. The number of allylic oxidation sites excluding steroid dienone is 3. The molecule has 0 radical (unpaired) electrons. The van der Waals surface area contributed by atoms with Gasteiger partial charge < -0.3 is 9.80 Å². The summed E-state index contributed by atoms with van der Waals surface area (Å²) in [4.78, 5) is 5.81. The maximum absolute atomic E-state index is 4.92.